The topological polar surface area (TPSA) is 57.2 Å². The quantitative estimate of drug-likeness (QED) is 0.556. The van der Waals surface area contributed by atoms with Crippen molar-refractivity contribution in [2.24, 2.45) is 0 Å². The normalized spacial score (nSPS) is 19.7. The second kappa shape index (κ2) is 5.04. The van der Waals surface area contributed by atoms with Crippen molar-refractivity contribution in [2.75, 3.05) is 0 Å². The fraction of sp³-hybridized carbons (Fsp3) is 1.00. The molecule has 0 aliphatic carbocycles. The van der Waals surface area contributed by atoms with Gasteiger partial charge in [0, 0.05) is 0 Å². The third-order valence-electron chi connectivity index (χ3n) is 2.16. The molecule has 0 fully saturated rings. The Kier molecular flexibility index (Phi) is 4.82. The average Bonchev–Trinajstić information content (AvgIpc) is 2.21. The number of rotatable bonds is 4. The molecule has 16 heteroatoms. The summed E-state index contributed by atoms with van der Waals surface area (Å²) in [6, 6.07) is 0. The molecule has 0 spiro atoms. The summed E-state index contributed by atoms with van der Waals surface area (Å²) in [7, 11) is -7.99. The molecule has 0 bridgehead atoms. The monoisotopic (exact) mass is 381 g/mol. The molecule has 0 heterocycles. The number of hydrogen-bond acceptors (Lipinski definition) is 3. The molecule has 0 aliphatic rings. The van der Waals surface area contributed by atoms with Crippen molar-refractivity contribution in [3.63, 3.8) is 0 Å². The maximum Gasteiger partial charge on any atom is 0.460 e. The molecule has 22 heavy (non-hydrogen) atoms. The maximum atomic E-state index is 13.3. The minimum Gasteiger partial charge on any atom is -0.745 e. The fourth-order valence-electron chi connectivity index (χ4n) is 1.05. The van der Waals surface area contributed by atoms with Gasteiger partial charge in [-0.05, 0) is 0 Å². The van der Waals surface area contributed by atoms with Gasteiger partial charge in [-0.25, -0.2) is 17.2 Å². The van der Waals surface area contributed by atoms with Crippen molar-refractivity contribution < 1.29 is 65.7 Å². The Balaban J connectivity index is 6.63. The fourth-order valence-corrected chi connectivity index (χ4v) is 1.87. The molecule has 0 radical (unpaired) electrons. The minimum atomic E-state index is -7.99. The van der Waals surface area contributed by atoms with E-state index in [4.69, 9.17) is 0 Å². The van der Waals surface area contributed by atoms with Gasteiger partial charge in [-0.2, -0.15) is 43.9 Å². The van der Waals surface area contributed by atoms with Crippen molar-refractivity contribution in [1.82, 2.24) is 0 Å². The first-order valence-electron chi connectivity index (χ1n) is 4.33. The molecule has 0 aromatic rings. The van der Waals surface area contributed by atoms with Gasteiger partial charge < -0.3 is 4.55 Å². The molecule has 0 aliphatic heterocycles. The number of halogens is 12. The van der Waals surface area contributed by atoms with Gasteiger partial charge in [0.25, 0.3) is 0 Å². The van der Waals surface area contributed by atoms with Gasteiger partial charge >= 0.3 is 29.2 Å². The average molecular weight is 381 g/mol. The van der Waals surface area contributed by atoms with E-state index in [0.717, 1.165) is 0 Å². The van der Waals surface area contributed by atoms with E-state index in [0.29, 0.717) is 0 Å². The summed E-state index contributed by atoms with van der Waals surface area (Å²) in [5, 5.41) is -7.46. The lowest BCUT2D eigenvalue weighted by Crippen LogP contribution is -2.70. The van der Waals surface area contributed by atoms with Crippen molar-refractivity contribution in [2.45, 2.75) is 35.4 Å². The summed E-state index contributed by atoms with van der Waals surface area (Å²) >= 11 is 0. The highest BCUT2D eigenvalue weighted by molar-refractivity contribution is 7.87. The van der Waals surface area contributed by atoms with E-state index in [2.05, 4.69) is 0 Å². The molecular weight excluding hydrogens is 380 g/mol. The Morgan fingerprint density at radius 1 is 0.727 bits per heavy atom. The zero-order valence-electron chi connectivity index (χ0n) is 9.25. The first kappa shape index (κ1) is 21.1. The SMILES string of the molecule is O=S(=O)([O-])C(F)(C(F)C(F)(F)F)C(F)(F)C(F)(F)C(F)(F)F. The molecule has 3 nitrogen and oxygen atoms in total. The predicted molar refractivity (Wildman–Crippen MR) is 40.4 cm³/mol. The van der Waals surface area contributed by atoms with Gasteiger partial charge in [0.2, 0.25) is 6.17 Å². The van der Waals surface area contributed by atoms with E-state index in [-0.39, 0.29) is 0 Å². The van der Waals surface area contributed by atoms with Gasteiger partial charge in [-0.1, -0.05) is 0 Å². The molecule has 0 rings (SSSR count). The van der Waals surface area contributed by atoms with E-state index >= 15 is 0 Å². The van der Waals surface area contributed by atoms with Crippen LogP contribution in [0.3, 0.4) is 0 Å². The first-order chi connectivity index (χ1) is 9.15. The highest BCUT2D eigenvalue weighted by atomic mass is 32.2. The smallest absolute Gasteiger partial charge is 0.460 e. The minimum absolute atomic E-state index is 6.18. The van der Waals surface area contributed by atoms with Crippen LogP contribution in [-0.4, -0.2) is 48.3 Å². The second-order valence-corrected chi connectivity index (χ2v) is 5.15. The van der Waals surface area contributed by atoms with E-state index in [1.807, 2.05) is 0 Å². The lowest BCUT2D eigenvalue weighted by molar-refractivity contribution is -0.381. The van der Waals surface area contributed by atoms with Crippen LogP contribution in [0.4, 0.5) is 52.7 Å². The van der Waals surface area contributed by atoms with E-state index in [9.17, 15) is 65.7 Å². The van der Waals surface area contributed by atoms with Crippen molar-refractivity contribution in [3.8, 4) is 0 Å². The van der Waals surface area contributed by atoms with Crippen LogP contribution in [0.2, 0.25) is 0 Å². The van der Waals surface area contributed by atoms with Gasteiger partial charge in [-0.15, -0.1) is 0 Å². The Labute approximate surface area is 112 Å². The predicted octanol–water partition coefficient (Wildman–Crippen LogP) is 2.93. The molecule has 0 saturated heterocycles. The molecule has 2 unspecified atom stereocenters. The van der Waals surface area contributed by atoms with Crippen molar-refractivity contribution in [3.05, 3.63) is 0 Å². The van der Waals surface area contributed by atoms with Crippen LogP contribution in [0.5, 0.6) is 0 Å². The Morgan fingerprint density at radius 2 is 1.05 bits per heavy atom. The molecular formula is C6HF12O3S-. The maximum absolute atomic E-state index is 13.3. The zero-order chi connectivity index (χ0) is 18.6. The summed E-state index contributed by atoms with van der Waals surface area (Å²) in [4.78, 5) is 0. The third kappa shape index (κ3) is 2.81. The standard InChI is InChI=1S/C6H2F12O3S/c7-1(3(9,10)11)2(8,22(19,20)21)4(12,13)5(14,15)6(16,17)18/h1H,(H,19,20,21)/p-1. The van der Waals surface area contributed by atoms with Crippen LogP contribution in [-0.2, 0) is 10.1 Å². The number of alkyl halides is 12. The van der Waals surface area contributed by atoms with Crippen LogP contribution in [0.1, 0.15) is 0 Å². The summed E-state index contributed by atoms with van der Waals surface area (Å²) in [6.07, 6.45) is -20.7. The summed E-state index contributed by atoms with van der Waals surface area (Å²) in [6.45, 7) is 0. The molecule has 0 aromatic carbocycles. The summed E-state index contributed by atoms with van der Waals surface area (Å²) in [5.74, 6) is -15.7. The Bertz CT molecular complexity index is 518. The third-order valence-corrected chi connectivity index (χ3v) is 3.35. The van der Waals surface area contributed by atoms with E-state index in [1.165, 1.54) is 0 Å². The summed E-state index contributed by atoms with van der Waals surface area (Å²) < 4.78 is 177. The van der Waals surface area contributed by atoms with Crippen molar-refractivity contribution in [1.29, 1.82) is 0 Å². The zero-order valence-corrected chi connectivity index (χ0v) is 10.1. The van der Waals surface area contributed by atoms with Crippen LogP contribution < -0.4 is 0 Å². The van der Waals surface area contributed by atoms with Crippen LogP contribution in [0.25, 0.3) is 0 Å². The first-order valence-corrected chi connectivity index (χ1v) is 5.74. The van der Waals surface area contributed by atoms with Gasteiger partial charge in [0.05, 0.1) is 0 Å². The number of hydrogen-bond donors (Lipinski definition) is 0. The van der Waals surface area contributed by atoms with Gasteiger partial charge in [-0.3, -0.25) is 0 Å². The second-order valence-electron chi connectivity index (χ2n) is 3.65. The lowest BCUT2D eigenvalue weighted by atomic mass is 10.0. The Morgan fingerprint density at radius 3 is 1.23 bits per heavy atom. The lowest BCUT2D eigenvalue weighted by Gasteiger charge is -2.41. The van der Waals surface area contributed by atoms with Crippen LogP contribution >= 0.6 is 0 Å². The van der Waals surface area contributed by atoms with E-state index in [1.54, 1.807) is 0 Å². The molecule has 0 aromatic heterocycles. The summed E-state index contributed by atoms with van der Waals surface area (Å²) in [5.41, 5.74) is 0. The highest BCUT2D eigenvalue weighted by Gasteiger charge is 2.86. The molecule has 0 amide bonds. The van der Waals surface area contributed by atoms with Crippen molar-refractivity contribution >= 4 is 10.1 Å². The molecule has 0 N–H and O–H groups in total. The van der Waals surface area contributed by atoms with Gasteiger partial charge in [0.15, 0.2) is 0 Å². The molecule has 0 saturated carbocycles. The van der Waals surface area contributed by atoms with E-state index < -0.39 is 45.5 Å². The Hall–Kier alpha value is -0.930. The molecule has 134 valence electrons. The van der Waals surface area contributed by atoms with Gasteiger partial charge in [0.1, 0.15) is 10.1 Å². The highest BCUT2D eigenvalue weighted by Crippen LogP contribution is 2.57. The van der Waals surface area contributed by atoms with Crippen LogP contribution in [0, 0.1) is 0 Å². The molecule has 2 atom stereocenters. The van der Waals surface area contributed by atoms with Crippen LogP contribution in [0.15, 0.2) is 0 Å². The largest absolute Gasteiger partial charge is 0.745 e.